The summed E-state index contributed by atoms with van der Waals surface area (Å²) in [6, 6.07) is 21.5. The van der Waals surface area contributed by atoms with Crippen LogP contribution in [-0.4, -0.2) is 28.6 Å². The Bertz CT molecular complexity index is 1270. The molecule has 0 atom stereocenters. The number of fused-ring (bicyclic) bond motifs is 1. The van der Waals surface area contributed by atoms with Gasteiger partial charge < -0.3 is 14.6 Å². The van der Waals surface area contributed by atoms with Crippen molar-refractivity contribution in [3.05, 3.63) is 94.3 Å². The molecule has 170 valence electrons. The lowest BCUT2D eigenvalue weighted by molar-refractivity contribution is 0.0953. The molecule has 0 aliphatic heterocycles. The molecule has 1 heterocycles. The molecule has 4 aromatic rings. The van der Waals surface area contributed by atoms with Crippen LogP contribution < -0.4 is 10.1 Å². The highest BCUT2D eigenvalue weighted by molar-refractivity contribution is 6.32. The minimum Gasteiger partial charge on any atom is -0.492 e. The largest absolute Gasteiger partial charge is 0.492 e. The van der Waals surface area contributed by atoms with Crippen LogP contribution in [0.5, 0.6) is 5.75 Å². The van der Waals surface area contributed by atoms with E-state index < -0.39 is 0 Å². The number of nitrogens with zero attached hydrogens (tertiary/aromatic N) is 2. The van der Waals surface area contributed by atoms with Crippen molar-refractivity contribution in [2.24, 2.45) is 0 Å². The molecular formula is C27H28ClN3O2. The minimum atomic E-state index is -0.0525. The fraction of sp³-hybridized carbons (Fsp3) is 0.259. The van der Waals surface area contributed by atoms with Crippen LogP contribution in [0.4, 0.5) is 0 Å². The van der Waals surface area contributed by atoms with Crippen LogP contribution in [0, 0.1) is 13.8 Å². The van der Waals surface area contributed by atoms with Crippen LogP contribution in [0.3, 0.4) is 0 Å². The van der Waals surface area contributed by atoms with Gasteiger partial charge in [0.25, 0.3) is 5.91 Å². The maximum Gasteiger partial charge on any atom is 0.251 e. The van der Waals surface area contributed by atoms with Gasteiger partial charge in [0.05, 0.1) is 22.7 Å². The molecule has 4 rings (SSSR count). The molecule has 5 nitrogen and oxygen atoms in total. The van der Waals surface area contributed by atoms with Gasteiger partial charge in [0.2, 0.25) is 0 Å². The molecule has 1 N–H and O–H groups in total. The number of imidazole rings is 1. The molecule has 0 saturated heterocycles. The van der Waals surface area contributed by atoms with Crippen molar-refractivity contribution in [3.8, 4) is 5.75 Å². The van der Waals surface area contributed by atoms with E-state index in [0.717, 1.165) is 41.0 Å². The number of aryl methyl sites for hydroxylation is 3. The predicted octanol–water partition coefficient (Wildman–Crippen LogP) is 5.75. The number of para-hydroxylation sites is 3. The summed E-state index contributed by atoms with van der Waals surface area (Å²) in [6.07, 6.45) is 1.46. The highest BCUT2D eigenvalue weighted by atomic mass is 35.5. The summed E-state index contributed by atoms with van der Waals surface area (Å²) >= 11 is 6.18. The van der Waals surface area contributed by atoms with Crippen LogP contribution in [0.1, 0.15) is 33.7 Å². The third-order valence-electron chi connectivity index (χ3n) is 5.61. The Balaban J connectivity index is 1.39. The number of halogens is 1. The molecule has 0 aliphatic rings. The lowest BCUT2D eigenvalue weighted by Crippen LogP contribution is -2.27. The smallest absolute Gasteiger partial charge is 0.251 e. The summed E-state index contributed by atoms with van der Waals surface area (Å²) in [5, 5.41) is 3.66. The van der Waals surface area contributed by atoms with E-state index in [1.54, 1.807) is 0 Å². The van der Waals surface area contributed by atoms with Gasteiger partial charge in [-0.1, -0.05) is 53.6 Å². The Morgan fingerprint density at radius 1 is 1.06 bits per heavy atom. The Labute approximate surface area is 199 Å². The van der Waals surface area contributed by atoms with Crippen molar-refractivity contribution in [2.75, 3.05) is 13.2 Å². The fourth-order valence-electron chi connectivity index (χ4n) is 3.98. The van der Waals surface area contributed by atoms with Gasteiger partial charge in [-0.2, -0.15) is 0 Å². The van der Waals surface area contributed by atoms with Gasteiger partial charge in [0.15, 0.2) is 0 Å². The minimum absolute atomic E-state index is 0.0525. The van der Waals surface area contributed by atoms with Gasteiger partial charge in [-0.3, -0.25) is 4.79 Å². The van der Waals surface area contributed by atoms with Crippen molar-refractivity contribution in [2.45, 2.75) is 33.2 Å². The SMILES string of the molecule is Cc1ccc(C(=O)NCCc2nc3ccccc3n2CCCOc2ccccc2Cl)c(C)c1. The number of benzene rings is 3. The van der Waals surface area contributed by atoms with Gasteiger partial charge in [-0.05, 0) is 56.2 Å². The van der Waals surface area contributed by atoms with E-state index in [2.05, 4.69) is 16.0 Å². The van der Waals surface area contributed by atoms with Crippen molar-refractivity contribution in [1.29, 1.82) is 0 Å². The second-order valence-corrected chi connectivity index (χ2v) is 8.53. The highest BCUT2D eigenvalue weighted by Gasteiger charge is 2.13. The molecule has 0 fully saturated rings. The number of rotatable bonds is 9. The number of nitrogens with one attached hydrogen (secondary N) is 1. The summed E-state index contributed by atoms with van der Waals surface area (Å²) in [5.41, 5.74) is 4.89. The lowest BCUT2D eigenvalue weighted by atomic mass is 10.1. The molecule has 3 aromatic carbocycles. The molecule has 0 radical (unpaired) electrons. The number of aromatic nitrogens is 2. The first-order valence-corrected chi connectivity index (χ1v) is 11.6. The first kappa shape index (κ1) is 22.9. The third-order valence-corrected chi connectivity index (χ3v) is 5.93. The van der Waals surface area contributed by atoms with E-state index in [1.807, 2.05) is 74.5 Å². The van der Waals surface area contributed by atoms with E-state index in [1.165, 1.54) is 0 Å². The van der Waals surface area contributed by atoms with Gasteiger partial charge >= 0.3 is 0 Å². The van der Waals surface area contributed by atoms with Crippen molar-refractivity contribution in [1.82, 2.24) is 14.9 Å². The second-order valence-electron chi connectivity index (χ2n) is 8.13. The molecule has 0 saturated carbocycles. The summed E-state index contributed by atoms with van der Waals surface area (Å²) in [5.74, 6) is 1.60. The molecule has 33 heavy (non-hydrogen) atoms. The van der Waals surface area contributed by atoms with Crippen LogP contribution in [-0.2, 0) is 13.0 Å². The number of amides is 1. The number of hydrogen-bond donors (Lipinski definition) is 1. The lowest BCUT2D eigenvalue weighted by Gasteiger charge is -2.12. The first-order valence-electron chi connectivity index (χ1n) is 11.2. The zero-order chi connectivity index (χ0) is 23.2. The van der Waals surface area contributed by atoms with Crippen LogP contribution in [0.2, 0.25) is 5.02 Å². The second kappa shape index (κ2) is 10.5. The Kier molecular flexibility index (Phi) is 7.30. The summed E-state index contributed by atoms with van der Waals surface area (Å²) in [7, 11) is 0. The summed E-state index contributed by atoms with van der Waals surface area (Å²) in [4.78, 5) is 17.4. The molecule has 0 spiro atoms. The van der Waals surface area contributed by atoms with Crippen LogP contribution in [0.25, 0.3) is 11.0 Å². The predicted molar refractivity (Wildman–Crippen MR) is 133 cm³/mol. The van der Waals surface area contributed by atoms with E-state index in [0.29, 0.717) is 35.9 Å². The molecule has 0 aliphatic carbocycles. The molecule has 1 aromatic heterocycles. The van der Waals surface area contributed by atoms with E-state index >= 15 is 0 Å². The Morgan fingerprint density at radius 2 is 1.85 bits per heavy atom. The number of ether oxygens (including phenoxy) is 1. The van der Waals surface area contributed by atoms with Gasteiger partial charge in [-0.15, -0.1) is 0 Å². The number of carbonyl (C=O) groups is 1. The Morgan fingerprint density at radius 3 is 2.67 bits per heavy atom. The molecule has 1 amide bonds. The average molecular weight is 462 g/mol. The normalized spacial score (nSPS) is 11.0. The van der Waals surface area contributed by atoms with E-state index in [-0.39, 0.29) is 5.91 Å². The maximum atomic E-state index is 12.6. The standard InChI is InChI=1S/C27H28ClN3O2/c1-19-12-13-21(20(2)18-19)27(32)29-15-14-26-30-23-9-4-5-10-24(23)31(26)16-7-17-33-25-11-6-3-8-22(25)28/h3-6,8-13,18H,7,14-17H2,1-2H3,(H,29,32). The quantitative estimate of drug-likeness (QED) is 0.323. The third kappa shape index (κ3) is 5.55. The van der Waals surface area contributed by atoms with Gasteiger partial charge in [0.1, 0.15) is 11.6 Å². The van der Waals surface area contributed by atoms with Crippen LogP contribution >= 0.6 is 11.6 Å². The Hall–Kier alpha value is -3.31. The zero-order valence-electron chi connectivity index (χ0n) is 19.0. The van der Waals surface area contributed by atoms with Crippen molar-refractivity contribution < 1.29 is 9.53 Å². The maximum absolute atomic E-state index is 12.6. The molecule has 0 bridgehead atoms. The molecule has 0 unspecified atom stereocenters. The van der Waals surface area contributed by atoms with Crippen LogP contribution in [0.15, 0.2) is 66.7 Å². The van der Waals surface area contributed by atoms with E-state index in [9.17, 15) is 4.79 Å². The number of carbonyl (C=O) groups excluding carboxylic acids is 1. The fourth-order valence-corrected chi connectivity index (χ4v) is 4.17. The van der Waals surface area contributed by atoms with Crippen molar-refractivity contribution >= 4 is 28.5 Å². The summed E-state index contributed by atoms with van der Waals surface area (Å²) in [6.45, 7) is 5.83. The average Bonchev–Trinajstić information content (AvgIpc) is 3.15. The van der Waals surface area contributed by atoms with E-state index in [4.69, 9.17) is 21.3 Å². The van der Waals surface area contributed by atoms with Gasteiger partial charge in [-0.25, -0.2) is 4.98 Å². The topological polar surface area (TPSA) is 56.2 Å². The zero-order valence-corrected chi connectivity index (χ0v) is 19.7. The monoisotopic (exact) mass is 461 g/mol. The highest BCUT2D eigenvalue weighted by Crippen LogP contribution is 2.23. The number of hydrogen-bond acceptors (Lipinski definition) is 3. The van der Waals surface area contributed by atoms with Gasteiger partial charge in [0, 0.05) is 25.1 Å². The molecular weight excluding hydrogens is 434 g/mol. The first-order chi connectivity index (χ1) is 16.0. The summed E-state index contributed by atoms with van der Waals surface area (Å²) < 4.78 is 8.06. The van der Waals surface area contributed by atoms with Crippen molar-refractivity contribution in [3.63, 3.8) is 0 Å². The molecule has 6 heteroatoms.